The summed E-state index contributed by atoms with van der Waals surface area (Å²) in [4.78, 5) is 24.4. The van der Waals surface area contributed by atoms with Crippen LogP contribution in [0, 0.1) is 6.92 Å². The second-order valence-corrected chi connectivity index (χ2v) is 6.59. The van der Waals surface area contributed by atoms with Crippen LogP contribution in [0.4, 0.5) is 5.69 Å². The maximum absolute atomic E-state index is 12.3. The van der Waals surface area contributed by atoms with Crippen molar-refractivity contribution in [1.82, 2.24) is 10.6 Å². The van der Waals surface area contributed by atoms with Crippen molar-refractivity contribution in [1.29, 1.82) is 0 Å². The number of aliphatic hydroxyl groups is 1. The molecular weight excluding hydrogens is 330 g/mol. The Morgan fingerprint density at radius 3 is 2.65 bits per heavy atom. The smallest absolute Gasteiger partial charge is 0.255 e. The van der Waals surface area contributed by atoms with Crippen LogP contribution in [0.3, 0.4) is 0 Å². The summed E-state index contributed by atoms with van der Waals surface area (Å²) >= 11 is 0. The first-order chi connectivity index (χ1) is 12.5. The number of aliphatic hydroxyl groups excluding tert-OH is 1. The molecule has 2 aromatic carbocycles. The number of carbonyl (C=O) groups is 2. The fourth-order valence-electron chi connectivity index (χ4n) is 2.90. The lowest BCUT2D eigenvalue weighted by molar-refractivity contribution is -0.123. The van der Waals surface area contributed by atoms with Gasteiger partial charge < -0.3 is 21.1 Å². The van der Waals surface area contributed by atoms with Crippen LogP contribution in [0.25, 0.3) is 0 Å². The number of rotatable bonds is 5. The third-order valence-corrected chi connectivity index (χ3v) is 4.39. The summed E-state index contributed by atoms with van der Waals surface area (Å²) in [5, 5.41) is 18.2. The largest absolute Gasteiger partial charge is 0.392 e. The van der Waals surface area contributed by atoms with Gasteiger partial charge in [0.15, 0.2) is 0 Å². The summed E-state index contributed by atoms with van der Waals surface area (Å²) in [6.07, 6.45) is -0.0376. The predicted octanol–water partition coefficient (Wildman–Crippen LogP) is 1.59. The van der Waals surface area contributed by atoms with E-state index in [-0.39, 0.29) is 17.9 Å². The van der Waals surface area contributed by atoms with Gasteiger partial charge in [0.1, 0.15) is 0 Å². The van der Waals surface area contributed by atoms with Gasteiger partial charge in [0.2, 0.25) is 5.91 Å². The van der Waals surface area contributed by atoms with E-state index in [9.17, 15) is 14.7 Å². The van der Waals surface area contributed by atoms with Crippen LogP contribution in [0.2, 0.25) is 0 Å². The highest BCUT2D eigenvalue weighted by molar-refractivity contribution is 6.04. The molecule has 6 nitrogen and oxygen atoms in total. The van der Waals surface area contributed by atoms with E-state index in [1.807, 2.05) is 43.3 Å². The summed E-state index contributed by atoms with van der Waals surface area (Å²) in [6.45, 7) is 2.78. The molecule has 6 heteroatoms. The highest BCUT2D eigenvalue weighted by Gasteiger charge is 2.27. The van der Waals surface area contributed by atoms with Crippen molar-refractivity contribution < 1.29 is 14.7 Å². The van der Waals surface area contributed by atoms with Crippen molar-refractivity contribution in [3.05, 3.63) is 65.2 Å². The molecule has 0 radical (unpaired) electrons. The van der Waals surface area contributed by atoms with E-state index in [2.05, 4.69) is 16.0 Å². The van der Waals surface area contributed by atoms with Crippen LogP contribution in [-0.2, 0) is 11.3 Å². The maximum Gasteiger partial charge on any atom is 0.255 e. The number of aryl methyl sites for hydroxylation is 1. The molecule has 136 valence electrons. The minimum atomic E-state index is -0.467. The summed E-state index contributed by atoms with van der Waals surface area (Å²) < 4.78 is 0. The molecule has 0 aliphatic carbocycles. The zero-order valence-electron chi connectivity index (χ0n) is 14.7. The number of hydrogen-bond acceptors (Lipinski definition) is 4. The standard InChI is InChI=1S/C20H23N3O3/c1-13-5-7-15(8-6-13)19(25)23-16-4-2-3-14(9-16)11-22-20(26)18-10-17(24)12-21-18/h2-9,17-18,21,24H,10-12H2,1H3,(H,22,26)(H,23,25). The zero-order chi connectivity index (χ0) is 18.5. The molecule has 2 unspecified atom stereocenters. The molecule has 26 heavy (non-hydrogen) atoms. The van der Waals surface area contributed by atoms with Crippen molar-refractivity contribution in [2.75, 3.05) is 11.9 Å². The number of carbonyl (C=O) groups excluding carboxylic acids is 2. The van der Waals surface area contributed by atoms with E-state index in [0.29, 0.717) is 30.8 Å². The molecule has 0 saturated carbocycles. The van der Waals surface area contributed by atoms with Crippen LogP contribution >= 0.6 is 0 Å². The summed E-state index contributed by atoms with van der Waals surface area (Å²) in [5.74, 6) is -0.300. The first-order valence-electron chi connectivity index (χ1n) is 8.67. The quantitative estimate of drug-likeness (QED) is 0.657. The Hall–Kier alpha value is -2.70. The number of anilines is 1. The van der Waals surface area contributed by atoms with E-state index in [0.717, 1.165) is 11.1 Å². The van der Waals surface area contributed by atoms with Crippen LogP contribution in [-0.4, -0.2) is 35.6 Å². The summed E-state index contributed by atoms with van der Waals surface area (Å²) in [6, 6.07) is 14.4. The molecule has 0 bridgehead atoms. The van der Waals surface area contributed by atoms with Gasteiger partial charge in [0.25, 0.3) is 5.91 Å². The lowest BCUT2D eigenvalue weighted by Gasteiger charge is -2.12. The van der Waals surface area contributed by atoms with Gasteiger partial charge in [0, 0.05) is 24.3 Å². The van der Waals surface area contributed by atoms with Crippen LogP contribution in [0.15, 0.2) is 48.5 Å². The fraction of sp³-hybridized carbons (Fsp3) is 0.300. The number of hydrogen-bond donors (Lipinski definition) is 4. The minimum Gasteiger partial charge on any atom is -0.392 e. The topological polar surface area (TPSA) is 90.5 Å². The molecule has 3 rings (SSSR count). The molecule has 0 spiro atoms. The van der Waals surface area contributed by atoms with Gasteiger partial charge in [-0.2, -0.15) is 0 Å². The van der Waals surface area contributed by atoms with E-state index < -0.39 is 6.10 Å². The Balaban J connectivity index is 1.56. The summed E-state index contributed by atoms with van der Waals surface area (Å²) in [5.41, 5.74) is 3.26. The molecule has 1 aliphatic rings. The van der Waals surface area contributed by atoms with Crippen LogP contribution in [0.5, 0.6) is 0 Å². The Morgan fingerprint density at radius 2 is 1.96 bits per heavy atom. The van der Waals surface area contributed by atoms with Gasteiger partial charge in [-0.15, -0.1) is 0 Å². The number of benzene rings is 2. The maximum atomic E-state index is 12.3. The summed E-state index contributed by atoms with van der Waals surface area (Å²) in [7, 11) is 0. The Labute approximate surface area is 152 Å². The van der Waals surface area contributed by atoms with Crippen molar-refractivity contribution in [2.24, 2.45) is 0 Å². The molecular formula is C20H23N3O3. The highest BCUT2D eigenvalue weighted by atomic mass is 16.3. The van der Waals surface area contributed by atoms with Crippen molar-refractivity contribution >= 4 is 17.5 Å². The van der Waals surface area contributed by atoms with Crippen molar-refractivity contribution in [3.63, 3.8) is 0 Å². The fourth-order valence-corrected chi connectivity index (χ4v) is 2.90. The van der Waals surface area contributed by atoms with Crippen molar-refractivity contribution in [2.45, 2.75) is 32.0 Å². The lowest BCUT2D eigenvalue weighted by Crippen LogP contribution is -2.40. The molecule has 1 fully saturated rings. The van der Waals surface area contributed by atoms with Gasteiger partial charge in [-0.3, -0.25) is 9.59 Å². The normalized spacial score (nSPS) is 19.2. The van der Waals surface area contributed by atoms with Crippen molar-refractivity contribution in [3.8, 4) is 0 Å². The second kappa shape index (κ2) is 8.12. The van der Waals surface area contributed by atoms with Gasteiger partial charge in [-0.05, 0) is 43.2 Å². The first kappa shape index (κ1) is 18.1. The van der Waals surface area contributed by atoms with Gasteiger partial charge in [0.05, 0.1) is 12.1 Å². The molecule has 1 aliphatic heterocycles. The average molecular weight is 353 g/mol. The molecule has 1 saturated heterocycles. The highest BCUT2D eigenvalue weighted by Crippen LogP contribution is 2.13. The van der Waals surface area contributed by atoms with Gasteiger partial charge in [-0.1, -0.05) is 29.8 Å². The SMILES string of the molecule is Cc1ccc(C(=O)Nc2cccc(CNC(=O)C3CC(O)CN3)c2)cc1. The van der Waals surface area contributed by atoms with Crippen LogP contribution < -0.4 is 16.0 Å². The Morgan fingerprint density at radius 1 is 1.19 bits per heavy atom. The Bertz CT molecular complexity index is 789. The lowest BCUT2D eigenvalue weighted by atomic mass is 10.1. The number of nitrogens with one attached hydrogen (secondary N) is 3. The van der Waals surface area contributed by atoms with E-state index in [4.69, 9.17) is 0 Å². The third-order valence-electron chi connectivity index (χ3n) is 4.39. The molecule has 2 amide bonds. The van der Waals surface area contributed by atoms with E-state index in [1.165, 1.54) is 0 Å². The first-order valence-corrected chi connectivity index (χ1v) is 8.67. The van der Waals surface area contributed by atoms with E-state index in [1.54, 1.807) is 12.1 Å². The molecule has 0 aromatic heterocycles. The molecule has 2 aromatic rings. The molecule has 1 heterocycles. The zero-order valence-corrected chi connectivity index (χ0v) is 14.7. The monoisotopic (exact) mass is 353 g/mol. The van der Waals surface area contributed by atoms with Gasteiger partial charge in [-0.25, -0.2) is 0 Å². The minimum absolute atomic E-state index is 0.129. The van der Waals surface area contributed by atoms with E-state index >= 15 is 0 Å². The molecule has 4 N–H and O–H groups in total. The Kier molecular flexibility index (Phi) is 5.65. The third kappa shape index (κ3) is 4.68. The predicted molar refractivity (Wildman–Crippen MR) is 99.8 cm³/mol. The van der Waals surface area contributed by atoms with Crippen LogP contribution in [0.1, 0.15) is 27.9 Å². The second-order valence-electron chi connectivity index (χ2n) is 6.59. The molecule has 2 atom stereocenters. The number of amides is 2. The van der Waals surface area contributed by atoms with Gasteiger partial charge >= 0.3 is 0 Å². The number of β-amino-alcohol motifs (C(OH)–C–C–N with tert-alkyl or cyclic N) is 1. The average Bonchev–Trinajstić information content (AvgIpc) is 3.07.